The molecule has 3 nitrogen and oxygen atoms in total. The molecule has 1 aromatic heterocycles. The molecule has 0 bridgehead atoms. The molecule has 1 aliphatic rings. The number of nitrogens with zero attached hydrogens (tertiary/aromatic N) is 1. The minimum absolute atomic E-state index is 0.359. The van der Waals surface area contributed by atoms with E-state index < -0.39 is 0 Å². The lowest BCUT2D eigenvalue weighted by Crippen LogP contribution is -2.47. The van der Waals surface area contributed by atoms with Crippen molar-refractivity contribution in [2.75, 3.05) is 0 Å². The largest absolute Gasteiger partial charge is 0.271 e. The molecule has 3 N–H and O–H groups in total. The van der Waals surface area contributed by atoms with Gasteiger partial charge in [0.05, 0.1) is 0 Å². The van der Waals surface area contributed by atoms with Crippen molar-refractivity contribution in [3.63, 3.8) is 0 Å². The molecule has 2 rings (SSSR count). The van der Waals surface area contributed by atoms with E-state index in [1.165, 1.54) is 31.2 Å². The van der Waals surface area contributed by atoms with Gasteiger partial charge in [-0.05, 0) is 42.4 Å². The van der Waals surface area contributed by atoms with Gasteiger partial charge in [0.15, 0.2) is 0 Å². The molecule has 0 aliphatic heterocycles. The maximum Gasteiger partial charge on any atom is 0.0304 e. The molecule has 88 valence electrons. The number of nitrogens with two attached hydrogens (primary N) is 1. The zero-order chi connectivity index (χ0) is 11.4. The van der Waals surface area contributed by atoms with Crippen LogP contribution in [0.5, 0.6) is 0 Å². The smallest absolute Gasteiger partial charge is 0.0304 e. The van der Waals surface area contributed by atoms with Gasteiger partial charge in [0.1, 0.15) is 0 Å². The van der Waals surface area contributed by atoms with E-state index >= 15 is 0 Å². The molecule has 1 aromatic rings. The Balaban J connectivity index is 2.06. The molecule has 0 radical (unpaired) electrons. The van der Waals surface area contributed by atoms with Gasteiger partial charge in [0.25, 0.3) is 0 Å². The van der Waals surface area contributed by atoms with E-state index in [2.05, 4.69) is 29.5 Å². The van der Waals surface area contributed by atoms with Crippen LogP contribution in [0.15, 0.2) is 24.5 Å². The van der Waals surface area contributed by atoms with Gasteiger partial charge in [-0.2, -0.15) is 0 Å². The lowest BCUT2D eigenvalue weighted by atomic mass is 9.78. The zero-order valence-corrected chi connectivity index (χ0v) is 9.95. The summed E-state index contributed by atoms with van der Waals surface area (Å²) >= 11 is 0. The van der Waals surface area contributed by atoms with E-state index in [1.807, 2.05) is 12.4 Å². The summed E-state index contributed by atoms with van der Waals surface area (Å²) in [5.74, 6) is 5.72. The van der Waals surface area contributed by atoms with Gasteiger partial charge in [-0.1, -0.05) is 19.8 Å². The number of hydrogen-bond donors (Lipinski definition) is 2. The minimum atomic E-state index is 0.359. The summed E-state index contributed by atoms with van der Waals surface area (Å²) < 4.78 is 0. The average molecular weight is 219 g/mol. The van der Waals surface area contributed by atoms with Gasteiger partial charge in [-0.25, -0.2) is 0 Å². The molecule has 0 saturated heterocycles. The van der Waals surface area contributed by atoms with Crippen LogP contribution in [0.1, 0.15) is 38.2 Å². The molecule has 1 heterocycles. The molecule has 0 aromatic carbocycles. The lowest BCUT2D eigenvalue weighted by Gasteiger charge is -2.33. The van der Waals surface area contributed by atoms with Crippen molar-refractivity contribution in [2.45, 2.75) is 45.1 Å². The molecular weight excluding hydrogens is 198 g/mol. The summed E-state index contributed by atoms with van der Waals surface area (Å²) in [4.78, 5) is 4.04. The third kappa shape index (κ3) is 2.42. The topological polar surface area (TPSA) is 50.9 Å². The summed E-state index contributed by atoms with van der Waals surface area (Å²) in [5.41, 5.74) is 4.68. The van der Waals surface area contributed by atoms with Crippen LogP contribution in [-0.4, -0.2) is 11.0 Å². The van der Waals surface area contributed by atoms with Crippen molar-refractivity contribution in [3.8, 4) is 0 Å². The van der Waals surface area contributed by atoms with E-state index in [9.17, 15) is 0 Å². The SMILES string of the molecule is CC1(C(Cc2ccncc2)NN)CCCC1. The van der Waals surface area contributed by atoms with Crippen LogP contribution < -0.4 is 11.3 Å². The zero-order valence-electron chi connectivity index (χ0n) is 9.95. The normalized spacial score (nSPS) is 20.9. The van der Waals surface area contributed by atoms with Crippen LogP contribution in [0.2, 0.25) is 0 Å². The standard InChI is InChI=1S/C13H21N3/c1-13(6-2-3-7-13)12(16-14)10-11-4-8-15-9-5-11/h4-5,8-9,12,16H,2-3,6-7,10,14H2,1H3. The van der Waals surface area contributed by atoms with E-state index in [4.69, 9.17) is 5.84 Å². The van der Waals surface area contributed by atoms with Crippen LogP contribution in [0, 0.1) is 5.41 Å². The second-order valence-electron chi connectivity index (χ2n) is 5.14. The van der Waals surface area contributed by atoms with Crippen LogP contribution in [-0.2, 0) is 6.42 Å². The summed E-state index contributed by atoms with van der Waals surface area (Å²) in [6.07, 6.45) is 9.94. The maximum atomic E-state index is 5.72. The Bertz CT molecular complexity index is 317. The maximum absolute atomic E-state index is 5.72. The highest BCUT2D eigenvalue weighted by Crippen LogP contribution is 2.41. The second kappa shape index (κ2) is 4.93. The van der Waals surface area contributed by atoms with Gasteiger partial charge in [-0.3, -0.25) is 16.3 Å². The van der Waals surface area contributed by atoms with Crippen molar-refractivity contribution < 1.29 is 0 Å². The summed E-state index contributed by atoms with van der Waals surface area (Å²) in [5, 5.41) is 0. The Morgan fingerprint density at radius 2 is 2.00 bits per heavy atom. The van der Waals surface area contributed by atoms with Crippen LogP contribution in [0.3, 0.4) is 0 Å². The van der Waals surface area contributed by atoms with Gasteiger partial charge in [0, 0.05) is 18.4 Å². The van der Waals surface area contributed by atoms with Gasteiger partial charge >= 0.3 is 0 Å². The first-order chi connectivity index (χ1) is 7.74. The van der Waals surface area contributed by atoms with Crippen LogP contribution >= 0.6 is 0 Å². The van der Waals surface area contributed by atoms with E-state index in [0.717, 1.165) is 6.42 Å². The van der Waals surface area contributed by atoms with Gasteiger partial charge in [0.2, 0.25) is 0 Å². The second-order valence-corrected chi connectivity index (χ2v) is 5.14. The molecule has 0 amide bonds. The minimum Gasteiger partial charge on any atom is -0.271 e. The molecular formula is C13H21N3. The first kappa shape index (κ1) is 11.6. The third-order valence-corrected chi connectivity index (χ3v) is 3.98. The predicted molar refractivity (Wildman–Crippen MR) is 65.6 cm³/mol. The number of rotatable bonds is 4. The van der Waals surface area contributed by atoms with Crippen molar-refractivity contribution in [3.05, 3.63) is 30.1 Å². The molecule has 1 atom stereocenters. The molecule has 1 aliphatic carbocycles. The summed E-state index contributed by atoms with van der Waals surface area (Å²) in [6.45, 7) is 2.35. The summed E-state index contributed by atoms with van der Waals surface area (Å²) in [6, 6.07) is 4.52. The first-order valence-corrected chi connectivity index (χ1v) is 6.10. The van der Waals surface area contributed by atoms with E-state index in [-0.39, 0.29) is 0 Å². The van der Waals surface area contributed by atoms with E-state index in [1.54, 1.807) is 0 Å². The highest BCUT2D eigenvalue weighted by molar-refractivity contribution is 5.13. The fourth-order valence-corrected chi connectivity index (χ4v) is 2.79. The number of hydrazine groups is 1. The molecule has 1 saturated carbocycles. The van der Waals surface area contributed by atoms with Crippen LogP contribution in [0.25, 0.3) is 0 Å². The van der Waals surface area contributed by atoms with E-state index in [0.29, 0.717) is 11.5 Å². The Morgan fingerprint density at radius 3 is 2.56 bits per heavy atom. The summed E-state index contributed by atoms with van der Waals surface area (Å²) in [7, 11) is 0. The lowest BCUT2D eigenvalue weighted by molar-refractivity contribution is 0.221. The Hall–Kier alpha value is -0.930. The number of pyridine rings is 1. The van der Waals surface area contributed by atoms with Crippen molar-refractivity contribution in [1.29, 1.82) is 0 Å². The van der Waals surface area contributed by atoms with Crippen molar-refractivity contribution >= 4 is 0 Å². The molecule has 1 unspecified atom stereocenters. The fraction of sp³-hybridized carbons (Fsp3) is 0.615. The predicted octanol–water partition coefficient (Wildman–Crippen LogP) is 2.04. The highest BCUT2D eigenvalue weighted by atomic mass is 15.2. The van der Waals surface area contributed by atoms with Gasteiger partial charge in [-0.15, -0.1) is 0 Å². The Labute approximate surface area is 97.4 Å². The first-order valence-electron chi connectivity index (χ1n) is 6.10. The van der Waals surface area contributed by atoms with Crippen molar-refractivity contribution in [1.82, 2.24) is 10.4 Å². The molecule has 1 fully saturated rings. The quantitative estimate of drug-likeness (QED) is 0.602. The fourth-order valence-electron chi connectivity index (χ4n) is 2.79. The Morgan fingerprint density at radius 1 is 1.38 bits per heavy atom. The van der Waals surface area contributed by atoms with Crippen molar-refractivity contribution in [2.24, 2.45) is 11.3 Å². The monoisotopic (exact) mass is 219 g/mol. The molecule has 0 spiro atoms. The number of hydrogen-bond acceptors (Lipinski definition) is 3. The molecule has 3 heteroatoms. The number of nitrogens with one attached hydrogen (secondary N) is 1. The molecule has 16 heavy (non-hydrogen) atoms. The number of aromatic nitrogens is 1. The van der Waals surface area contributed by atoms with Gasteiger partial charge < -0.3 is 0 Å². The van der Waals surface area contributed by atoms with Crippen LogP contribution in [0.4, 0.5) is 0 Å². The Kier molecular flexibility index (Phi) is 3.56. The highest BCUT2D eigenvalue weighted by Gasteiger charge is 2.36. The average Bonchev–Trinajstić information content (AvgIpc) is 2.75. The third-order valence-electron chi connectivity index (χ3n) is 3.98.